The Morgan fingerprint density at radius 3 is 2.61 bits per heavy atom. The number of amides is 1. The van der Waals surface area contributed by atoms with Crippen LogP contribution in [0, 0.1) is 5.82 Å². The number of hydrogen-bond donors (Lipinski definition) is 1. The summed E-state index contributed by atoms with van der Waals surface area (Å²) in [5, 5.41) is 0. The maximum Gasteiger partial charge on any atom is 0.256 e. The maximum absolute atomic E-state index is 13.7. The van der Waals surface area contributed by atoms with Gasteiger partial charge in [0.15, 0.2) is 0 Å². The van der Waals surface area contributed by atoms with Gasteiger partial charge in [-0.1, -0.05) is 0 Å². The molecule has 0 fully saturated rings. The van der Waals surface area contributed by atoms with Crippen LogP contribution < -0.4 is 10.5 Å². The quantitative estimate of drug-likeness (QED) is 0.910. The van der Waals surface area contributed by atoms with Crippen molar-refractivity contribution in [2.45, 2.75) is 13.0 Å². The number of rotatable bonds is 4. The molecule has 0 saturated carbocycles. The molecule has 1 rings (SSSR count). The summed E-state index contributed by atoms with van der Waals surface area (Å²) in [6, 6.07) is 4.02. The Kier molecular flexibility index (Phi) is 6.65. The van der Waals surface area contributed by atoms with Gasteiger partial charge in [-0.15, -0.1) is 12.4 Å². The van der Waals surface area contributed by atoms with Crippen molar-refractivity contribution in [3.63, 3.8) is 0 Å². The highest BCUT2D eigenvalue weighted by molar-refractivity contribution is 5.94. The fourth-order valence-electron chi connectivity index (χ4n) is 1.34. The molecule has 0 saturated heterocycles. The van der Waals surface area contributed by atoms with Crippen molar-refractivity contribution in [1.82, 2.24) is 4.90 Å². The normalized spacial score (nSPS) is 11.4. The van der Waals surface area contributed by atoms with Crippen molar-refractivity contribution in [2.75, 3.05) is 20.7 Å². The first-order valence-electron chi connectivity index (χ1n) is 5.32. The van der Waals surface area contributed by atoms with Gasteiger partial charge in [0.05, 0.1) is 12.7 Å². The molecule has 0 aliphatic heterocycles. The van der Waals surface area contributed by atoms with Crippen LogP contribution >= 0.6 is 12.4 Å². The van der Waals surface area contributed by atoms with Crippen molar-refractivity contribution in [3.8, 4) is 5.75 Å². The summed E-state index contributed by atoms with van der Waals surface area (Å²) in [6.45, 7) is 2.14. The molecule has 0 heterocycles. The maximum atomic E-state index is 13.7. The zero-order valence-corrected chi connectivity index (χ0v) is 11.5. The molecule has 0 aliphatic rings. The number of nitrogens with zero attached hydrogens (tertiary/aromatic N) is 1. The van der Waals surface area contributed by atoms with E-state index in [0.717, 1.165) is 0 Å². The lowest BCUT2D eigenvalue weighted by molar-refractivity contribution is 0.0743. The Morgan fingerprint density at radius 2 is 2.17 bits per heavy atom. The Balaban J connectivity index is 0.00000289. The number of hydrogen-bond acceptors (Lipinski definition) is 3. The Hall–Kier alpha value is -1.33. The molecule has 0 aromatic heterocycles. The van der Waals surface area contributed by atoms with Gasteiger partial charge in [-0.25, -0.2) is 4.39 Å². The summed E-state index contributed by atoms with van der Waals surface area (Å²) >= 11 is 0. The third kappa shape index (κ3) is 3.58. The number of benzene rings is 1. The minimum absolute atomic E-state index is 0. The molecule has 2 N–H and O–H groups in total. The topological polar surface area (TPSA) is 55.6 Å². The molecule has 0 radical (unpaired) electrons. The zero-order valence-electron chi connectivity index (χ0n) is 10.6. The molecule has 1 amide bonds. The highest BCUT2D eigenvalue weighted by atomic mass is 35.5. The molecule has 6 heteroatoms. The van der Waals surface area contributed by atoms with Crippen LogP contribution in [0.4, 0.5) is 4.39 Å². The lowest BCUT2D eigenvalue weighted by Gasteiger charge is -2.23. The number of methoxy groups -OCH3 is 1. The van der Waals surface area contributed by atoms with E-state index < -0.39 is 5.82 Å². The predicted octanol–water partition coefficient (Wildman–Crippen LogP) is 1.68. The molecule has 0 aliphatic carbocycles. The lowest BCUT2D eigenvalue weighted by atomic mass is 10.1. The van der Waals surface area contributed by atoms with Gasteiger partial charge in [0.25, 0.3) is 5.91 Å². The molecule has 1 aromatic carbocycles. The number of carbonyl (C=O) groups excluding carboxylic acids is 1. The monoisotopic (exact) mass is 276 g/mol. The fraction of sp³-hybridized carbons (Fsp3) is 0.417. The SMILES string of the molecule is COc1ccc(C(=O)N(C)C(C)CN)c(F)c1.Cl. The van der Waals surface area contributed by atoms with E-state index in [4.69, 9.17) is 10.5 Å². The van der Waals surface area contributed by atoms with Gasteiger partial charge in [-0.05, 0) is 19.1 Å². The zero-order chi connectivity index (χ0) is 13.0. The molecule has 1 unspecified atom stereocenters. The molecule has 1 aromatic rings. The minimum atomic E-state index is -0.592. The third-order valence-corrected chi connectivity index (χ3v) is 2.73. The van der Waals surface area contributed by atoms with Gasteiger partial charge in [-0.2, -0.15) is 0 Å². The van der Waals surface area contributed by atoms with Crippen LogP contribution in [0.3, 0.4) is 0 Å². The largest absolute Gasteiger partial charge is 0.497 e. The van der Waals surface area contributed by atoms with Gasteiger partial charge in [0, 0.05) is 25.7 Å². The number of nitrogens with two attached hydrogens (primary N) is 1. The summed E-state index contributed by atoms with van der Waals surface area (Å²) in [5.74, 6) is -0.595. The van der Waals surface area contributed by atoms with Gasteiger partial charge in [-0.3, -0.25) is 4.79 Å². The Bertz CT molecular complexity index is 415. The standard InChI is InChI=1S/C12H17FN2O2.ClH/c1-8(7-14)15(2)12(16)10-5-4-9(17-3)6-11(10)13;/h4-6,8H,7,14H2,1-3H3;1H. The van der Waals surface area contributed by atoms with E-state index in [1.54, 1.807) is 20.0 Å². The second-order valence-corrected chi connectivity index (χ2v) is 3.85. The van der Waals surface area contributed by atoms with Crippen LogP contribution in [0.1, 0.15) is 17.3 Å². The number of halogens is 2. The van der Waals surface area contributed by atoms with Crippen molar-refractivity contribution < 1.29 is 13.9 Å². The average molecular weight is 277 g/mol. The van der Waals surface area contributed by atoms with E-state index >= 15 is 0 Å². The first-order valence-corrected chi connectivity index (χ1v) is 5.32. The van der Waals surface area contributed by atoms with E-state index in [1.807, 2.05) is 0 Å². The smallest absolute Gasteiger partial charge is 0.256 e. The van der Waals surface area contributed by atoms with Crippen molar-refractivity contribution in [3.05, 3.63) is 29.6 Å². The van der Waals surface area contributed by atoms with E-state index in [-0.39, 0.29) is 29.9 Å². The molecule has 0 spiro atoms. The number of carbonyl (C=O) groups is 1. The van der Waals surface area contributed by atoms with Crippen LogP contribution in [0.5, 0.6) is 5.75 Å². The lowest BCUT2D eigenvalue weighted by Crippen LogP contribution is -2.40. The van der Waals surface area contributed by atoms with Crippen LogP contribution in [0.15, 0.2) is 18.2 Å². The Labute approximate surface area is 112 Å². The van der Waals surface area contributed by atoms with E-state index in [9.17, 15) is 9.18 Å². The van der Waals surface area contributed by atoms with Crippen molar-refractivity contribution in [1.29, 1.82) is 0 Å². The van der Waals surface area contributed by atoms with Gasteiger partial charge in [0.1, 0.15) is 11.6 Å². The molecule has 4 nitrogen and oxygen atoms in total. The fourth-order valence-corrected chi connectivity index (χ4v) is 1.34. The van der Waals surface area contributed by atoms with E-state index in [1.165, 1.54) is 24.1 Å². The Morgan fingerprint density at radius 1 is 1.56 bits per heavy atom. The molecule has 102 valence electrons. The van der Waals surface area contributed by atoms with Crippen molar-refractivity contribution in [2.24, 2.45) is 5.73 Å². The van der Waals surface area contributed by atoms with Crippen LogP contribution in [0.2, 0.25) is 0 Å². The summed E-state index contributed by atoms with van der Waals surface area (Å²) < 4.78 is 18.5. The highest BCUT2D eigenvalue weighted by Crippen LogP contribution is 2.17. The third-order valence-electron chi connectivity index (χ3n) is 2.73. The van der Waals surface area contributed by atoms with Gasteiger partial charge < -0.3 is 15.4 Å². The number of likely N-dealkylation sites (N-methyl/N-ethyl adjacent to an activating group) is 1. The molecule has 18 heavy (non-hydrogen) atoms. The molecular formula is C12H18ClFN2O2. The summed E-state index contributed by atoms with van der Waals surface area (Å²) in [4.78, 5) is 13.4. The van der Waals surface area contributed by atoms with Crippen LogP contribution in [-0.4, -0.2) is 37.6 Å². The van der Waals surface area contributed by atoms with Crippen LogP contribution in [-0.2, 0) is 0 Å². The number of ether oxygens (including phenoxy) is 1. The van der Waals surface area contributed by atoms with Gasteiger partial charge >= 0.3 is 0 Å². The van der Waals surface area contributed by atoms with Crippen LogP contribution in [0.25, 0.3) is 0 Å². The first kappa shape index (κ1) is 16.7. The van der Waals surface area contributed by atoms with Gasteiger partial charge in [0.2, 0.25) is 0 Å². The summed E-state index contributed by atoms with van der Waals surface area (Å²) in [7, 11) is 3.04. The van der Waals surface area contributed by atoms with Crippen molar-refractivity contribution >= 4 is 18.3 Å². The second kappa shape index (κ2) is 7.18. The van der Waals surface area contributed by atoms with E-state index in [2.05, 4.69) is 0 Å². The molecule has 1 atom stereocenters. The second-order valence-electron chi connectivity index (χ2n) is 3.85. The summed E-state index contributed by atoms with van der Waals surface area (Å²) in [5.41, 5.74) is 5.49. The summed E-state index contributed by atoms with van der Waals surface area (Å²) in [6.07, 6.45) is 0. The molecular weight excluding hydrogens is 259 g/mol. The first-order chi connectivity index (χ1) is 8.01. The minimum Gasteiger partial charge on any atom is -0.497 e. The van der Waals surface area contributed by atoms with E-state index in [0.29, 0.717) is 12.3 Å². The highest BCUT2D eigenvalue weighted by Gasteiger charge is 2.19. The average Bonchev–Trinajstić information content (AvgIpc) is 2.35. The predicted molar refractivity (Wildman–Crippen MR) is 70.8 cm³/mol. The molecule has 0 bridgehead atoms.